The summed E-state index contributed by atoms with van der Waals surface area (Å²) in [5.41, 5.74) is -0.480. The molecular weight excluding hydrogens is 418 g/mol. The number of hydrogen-bond donors (Lipinski definition) is 2. The van der Waals surface area contributed by atoms with Crippen molar-refractivity contribution in [1.82, 2.24) is 10.2 Å². The minimum absolute atomic E-state index is 0.0940. The van der Waals surface area contributed by atoms with Crippen LogP contribution in [0.15, 0.2) is 29.2 Å². The Balaban J connectivity index is 1.53. The SMILES string of the molecule is CSc1ccc(NC(=O)COC(=O)CN2C(=O)NC3(CC(C)CC(C)(C)C3)C2=O)cc1. The molecule has 4 amide bonds. The van der Waals surface area contributed by atoms with E-state index in [1.165, 1.54) is 0 Å². The third kappa shape index (κ3) is 5.39. The van der Waals surface area contributed by atoms with E-state index in [2.05, 4.69) is 31.4 Å². The standard InChI is InChI=1S/C22H29N3O5S/c1-14-9-21(2,3)13-22(10-14)19(28)25(20(29)24-22)11-18(27)30-12-17(26)23-15-5-7-16(31-4)8-6-15/h5-8,14H,9-13H2,1-4H3,(H,23,26)(H,24,29). The lowest BCUT2D eigenvalue weighted by Gasteiger charge is -2.43. The van der Waals surface area contributed by atoms with E-state index in [1.54, 1.807) is 23.9 Å². The number of rotatable bonds is 6. The van der Waals surface area contributed by atoms with Crippen molar-refractivity contribution in [2.24, 2.45) is 11.3 Å². The molecule has 1 heterocycles. The first-order valence-electron chi connectivity index (χ1n) is 10.3. The van der Waals surface area contributed by atoms with Gasteiger partial charge in [0.1, 0.15) is 12.1 Å². The molecule has 1 saturated carbocycles. The molecular formula is C22H29N3O5S. The highest BCUT2D eigenvalue weighted by Gasteiger charge is 2.56. The van der Waals surface area contributed by atoms with Gasteiger partial charge in [0.05, 0.1) is 0 Å². The van der Waals surface area contributed by atoms with Gasteiger partial charge in [-0.25, -0.2) is 4.79 Å². The molecule has 8 nitrogen and oxygen atoms in total. The molecule has 31 heavy (non-hydrogen) atoms. The van der Waals surface area contributed by atoms with Crippen LogP contribution in [0.2, 0.25) is 0 Å². The first-order chi connectivity index (χ1) is 14.5. The molecule has 168 valence electrons. The molecule has 2 unspecified atom stereocenters. The summed E-state index contributed by atoms with van der Waals surface area (Å²) in [5, 5.41) is 5.45. The highest BCUT2D eigenvalue weighted by atomic mass is 32.2. The number of thioether (sulfide) groups is 1. The Morgan fingerprint density at radius 2 is 1.90 bits per heavy atom. The van der Waals surface area contributed by atoms with Crippen LogP contribution < -0.4 is 10.6 Å². The molecule has 2 atom stereocenters. The number of nitrogens with zero attached hydrogens (tertiary/aromatic N) is 1. The maximum absolute atomic E-state index is 13.0. The van der Waals surface area contributed by atoms with E-state index >= 15 is 0 Å². The number of hydrogen-bond acceptors (Lipinski definition) is 6. The lowest BCUT2D eigenvalue weighted by molar-refractivity contribution is -0.150. The summed E-state index contributed by atoms with van der Waals surface area (Å²) in [5.74, 6) is -1.43. The van der Waals surface area contributed by atoms with Crippen LogP contribution in [0.25, 0.3) is 0 Å². The molecule has 1 aliphatic heterocycles. The fourth-order valence-corrected chi connectivity index (χ4v) is 5.25. The van der Waals surface area contributed by atoms with E-state index in [0.717, 1.165) is 16.2 Å². The predicted molar refractivity (Wildman–Crippen MR) is 118 cm³/mol. The van der Waals surface area contributed by atoms with Gasteiger partial charge in [0.15, 0.2) is 6.61 Å². The van der Waals surface area contributed by atoms with Crippen molar-refractivity contribution in [1.29, 1.82) is 0 Å². The molecule has 2 fully saturated rings. The number of esters is 1. The van der Waals surface area contributed by atoms with Crippen LogP contribution in [-0.2, 0) is 19.1 Å². The Labute approximate surface area is 186 Å². The summed E-state index contributed by atoms with van der Waals surface area (Å²) in [6, 6.07) is 6.65. The Morgan fingerprint density at radius 3 is 2.52 bits per heavy atom. The third-order valence-electron chi connectivity index (χ3n) is 5.65. The fourth-order valence-electron chi connectivity index (χ4n) is 4.84. The quantitative estimate of drug-likeness (QED) is 0.395. The van der Waals surface area contributed by atoms with Crippen LogP contribution in [0.3, 0.4) is 0 Å². The van der Waals surface area contributed by atoms with Crippen molar-refractivity contribution in [2.75, 3.05) is 24.7 Å². The number of urea groups is 1. The molecule has 0 aromatic heterocycles. The maximum atomic E-state index is 13.0. The van der Waals surface area contributed by atoms with E-state index in [1.807, 2.05) is 18.4 Å². The lowest BCUT2D eigenvalue weighted by Crippen LogP contribution is -2.54. The Bertz CT molecular complexity index is 886. The average molecular weight is 448 g/mol. The van der Waals surface area contributed by atoms with Crippen molar-refractivity contribution < 1.29 is 23.9 Å². The van der Waals surface area contributed by atoms with Crippen molar-refractivity contribution >= 4 is 41.3 Å². The first-order valence-corrected chi connectivity index (χ1v) is 11.5. The van der Waals surface area contributed by atoms with Gasteiger partial charge >= 0.3 is 12.0 Å². The van der Waals surface area contributed by atoms with Crippen molar-refractivity contribution in [3.8, 4) is 0 Å². The fraction of sp³-hybridized carbons (Fsp3) is 0.545. The van der Waals surface area contributed by atoms with Crippen LogP contribution in [-0.4, -0.2) is 53.7 Å². The topological polar surface area (TPSA) is 105 Å². The van der Waals surface area contributed by atoms with Gasteiger partial charge in [0, 0.05) is 10.6 Å². The number of nitrogens with one attached hydrogen (secondary N) is 2. The van der Waals surface area contributed by atoms with Gasteiger partial charge in [-0.1, -0.05) is 20.8 Å². The minimum atomic E-state index is -0.973. The molecule has 1 aromatic carbocycles. The van der Waals surface area contributed by atoms with E-state index in [4.69, 9.17) is 4.74 Å². The van der Waals surface area contributed by atoms with Gasteiger partial charge < -0.3 is 15.4 Å². The second-order valence-electron chi connectivity index (χ2n) is 9.20. The molecule has 3 rings (SSSR count). The molecule has 2 N–H and O–H groups in total. The van der Waals surface area contributed by atoms with Gasteiger partial charge in [0.25, 0.3) is 11.8 Å². The molecule has 2 aliphatic rings. The maximum Gasteiger partial charge on any atom is 0.326 e. The molecule has 0 radical (unpaired) electrons. The van der Waals surface area contributed by atoms with Crippen LogP contribution >= 0.6 is 11.8 Å². The Morgan fingerprint density at radius 1 is 1.23 bits per heavy atom. The number of amides is 4. The summed E-state index contributed by atoms with van der Waals surface area (Å²) in [7, 11) is 0. The third-order valence-corrected chi connectivity index (χ3v) is 6.39. The van der Waals surface area contributed by atoms with Gasteiger partial charge in [-0.2, -0.15) is 0 Å². The minimum Gasteiger partial charge on any atom is -0.454 e. The number of anilines is 1. The zero-order valence-electron chi connectivity index (χ0n) is 18.3. The molecule has 1 aromatic rings. The van der Waals surface area contributed by atoms with Gasteiger partial charge in [-0.15, -0.1) is 11.8 Å². The van der Waals surface area contributed by atoms with Crippen molar-refractivity contribution in [3.63, 3.8) is 0 Å². The van der Waals surface area contributed by atoms with Crippen LogP contribution in [0, 0.1) is 11.3 Å². The number of ether oxygens (including phenoxy) is 1. The van der Waals surface area contributed by atoms with Crippen LogP contribution in [0.5, 0.6) is 0 Å². The molecule has 9 heteroatoms. The summed E-state index contributed by atoms with van der Waals surface area (Å²) >= 11 is 1.59. The Kier molecular flexibility index (Phi) is 6.64. The molecule has 1 spiro atoms. The molecule has 1 saturated heterocycles. The van der Waals surface area contributed by atoms with Crippen LogP contribution in [0.4, 0.5) is 10.5 Å². The zero-order chi connectivity index (χ0) is 22.8. The molecule has 0 bridgehead atoms. The summed E-state index contributed by atoms with van der Waals surface area (Å²) < 4.78 is 4.99. The first kappa shape index (κ1) is 23.1. The number of benzene rings is 1. The van der Waals surface area contributed by atoms with Crippen molar-refractivity contribution in [3.05, 3.63) is 24.3 Å². The highest BCUT2D eigenvalue weighted by Crippen LogP contribution is 2.46. The normalized spacial score (nSPS) is 24.8. The van der Waals surface area contributed by atoms with Crippen molar-refractivity contribution in [2.45, 2.75) is 50.5 Å². The lowest BCUT2D eigenvalue weighted by atomic mass is 9.64. The van der Waals surface area contributed by atoms with E-state index in [-0.39, 0.29) is 11.3 Å². The predicted octanol–water partition coefficient (Wildman–Crippen LogP) is 3.03. The summed E-state index contributed by atoms with van der Waals surface area (Å²) in [4.78, 5) is 51.7. The molecule has 1 aliphatic carbocycles. The summed E-state index contributed by atoms with van der Waals surface area (Å²) in [6.07, 6.45) is 3.99. The number of carbonyl (C=O) groups excluding carboxylic acids is 4. The number of carbonyl (C=O) groups is 4. The van der Waals surface area contributed by atoms with E-state index < -0.39 is 42.5 Å². The zero-order valence-corrected chi connectivity index (χ0v) is 19.1. The van der Waals surface area contributed by atoms with Gasteiger partial charge in [-0.05, 0) is 61.1 Å². The smallest absolute Gasteiger partial charge is 0.326 e. The monoisotopic (exact) mass is 447 g/mol. The number of imide groups is 1. The summed E-state index contributed by atoms with van der Waals surface area (Å²) in [6.45, 7) is 5.20. The highest BCUT2D eigenvalue weighted by molar-refractivity contribution is 7.98. The second kappa shape index (κ2) is 8.90. The second-order valence-corrected chi connectivity index (χ2v) is 10.1. The van der Waals surface area contributed by atoms with Gasteiger partial charge in [0.2, 0.25) is 0 Å². The van der Waals surface area contributed by atoms with Crippen LogP contribution in [0.1, 0.15) is 40.0 Å². The van der Waals surface area contributed by atoms with Gasteiger partial charge in [-0.3, -0.25) is 19.3 Å². The van der Waals surface area contributed by atoms with E-state index in [0.29, 0.717) is 18.5 Å². The largest absolute Gasteiger partial charge is 0.454 e. The van der Waals surface area contributed by atoms with E-state index in [9.17, 15) is 19.2 Å². The Hall–Kier alpha value is -2.55. The average Bonchev–Trinajstić information content (AvgIpc) is 2.88.